The van der Waals surface area contributed by atoms with Gasteiger partial charge in [0.25, 0.3) is 0 Å². The predicted octanol–water partition coefficient (Wildman–Crippen LogP) is 5.03. The number of thiophene rings is 1. The first-order chi connectivity index (χ1) is 10.1. The van der Waals surface area contributed by atoms with Crippen LogP contribution in [0.4, 0.5) is 0 Å². The SMILES string of the molecule is CCOc1ccc(-c2c(C)sc3nc(C)nc(Cl)c23)cc1. The fraction of sp³-hybridized carbons (Fsp3) is 0.250. The van der Waals surface area contributed by atoms with Gasteiger partial charge in [-0.1, -0.05) is 23.7 Å². The molecule has 0 aliphatic carbocycles. The van der Waals surface area contributed by atoms with Crippen LogP contribution in [0.1, 0.15) is 17.6 Å². The maximum Gasteiger partial charge on any atom is 0.142 e. The molecule has 0 N–H and O–H groups in total. The van der Waals surface area contributed by atoms with Gasteiger partial charge in [0.2, 0.25) is 0 Å². The molecule has 0 bridgehead atoms. The minimum Gasteiger partial charge on any atom is -0.494 e. The summed E-state index contributed by atoms with van der Waals surface area (Å²) >= 11 is 7.99. The van der Waals surface area contributed by atoms with Gasteiger partial charge in [-0.3, -0.25) is 0 Å². The van der Waals surface area contributed by atoms with E-state index in [1.165, 1.54) is 4.88 Å². The molecule has 3 aromatic rings. The summed E-state index contributed by atoms with van der Waals surface area (Å²) in [6, 6.07) is 8.06. The smallest absolute Gasteiger partial charge is 0.142 e. The molecule has 0 amide bonds. The number of hydrogen-bond acceptors (Lipinski definition) is 4. The highest BCUT2D eigenvalue weighted by molar-refractivity contribution is 7.19. The van der Waals surface area contributed by atoms with Crippen LogP contribution in [0.2, 0.25) is 5.15 Å². The minimum atomic E-state index is 0.519. The fourth-order valence-electron chi connectivity index (χ4n) is 2.40. The molecule has 2 heterocycles. The Morgan fingerprint density at radius 3 is 2.52 bits per heavy atom. The maximum absolute atomic E-state index is 6.34. The molecule has 0 aliphatic heterocycles. The molecule has 0 atom stereocenters. The number of rotatable bonds is 3. The predicted molar refractivity (Wildman–Crippen MR) is 88.5 cm³/mol. The summed E-state index contributed by atoms with van der Waals surface area (Å²) in [4.78, 5) is 10.9. The van der Waals surface area contributed by atoms with Crippen molar-refractivity contribution in [1.82, 2.24) is 9.97 Å². The number of fused-ring (bicyclic) bond motifs is 1. The third-order valence-corrected chi connectivity index (χ3v) is 4.52. The highest BCUT2D eigenvalue weighted by Gasteiger charge is 2.16. The van der Waals surface area contributed by atoms with E-state index in [-0.39, 0.29) is 0 Å². The van der Waals surface area contributed by atoms with Crippen LogP contribution in [0.15, 0.2) is 24.3 Å². The molecule has 5 heteroatoms. The van der Waals surface area contributed by atoms with Crippen LogP contribution in [0.25, 0.3) is 21.3 Å². The van der Waals surface area contributed by atoms with Gasteiger partial charge in [0.1, 0.15) is 21.6 Å². The molecule has 3 rings (SSSR count). The lowest BCUT2D eigenvalue weighted by Gasteiger charge is -2.06. The van der Waals surface area contributed by atoms with Crippen LogP contribution in [0.3, 0.4) is 0 Å². The minimum absolute atomic E-state index is 0.519. The molecular weight excluding hydrogens is 304 g/mol. The lowest BCUT2D eigenvalue weighted by atomic mass is 10.0. The Kier molecular flexibility index (Phi) is 3.83. The average molecular weight is 319 g/mol. The lowest BCUT2D eigenvalue weighted by molar-refractivity contribution is 0.340. The monoisotopic (exact) mass is 318 g/mol. The van der Waals surface area contributed by atoms with E-state index in [2.05, 4.69) is 29.0 Å². The number of nitrogens with zero attached hydrogens (tertiary/aromatic N) is 2. The second-order valence-corrected chi connectivity index (χ2v) is 6.29. The third kappa shape index (κ3) is 2.61. The van der Waals surface area contributed by atoms with E-state index in [4.69, 9.17) is 16.3 Å². The molecule has 3 nitrogen and oxygen atoms in total. The quantitative estimate of drug-likeness (QED) is 0.635. The van der Waals surface area contributed by atoms with E-state index < -0.39 is 0 Å². The van der Waals surface area contributed by atoms with Crippen molar-refractivity contribution in [1.29, 1.82) is 0 Å². The zero-order valence-electron chi connectivity index (χ0n) is 12.1. The summed E-state index contributed by atoms with van der Waals surface area (Å²) in [5.74, 6) is 1.57. The molecular formula is C16H15ClN2OS. The van der Waals surface area contributed by atoms with Crippen molar-refractivity contribution < 1.29 is 4.74 Å². The van der Waals surface area contributed by atoms with E-state index in [9.17, 15) is 0 Å². The van der Waals surface area contributed by atoms with Crippen molar-refractivity contribution in [3.8, 4) is 16.9 Å². The van der Waals surface area contributed by atoms with Crippen LogP contribution in [-0.4, -0.2) is 16.6 Å². The van der Waals surface area contributed by atoms with E-state index in [0.717, 1.165) is 27.1 Å². The van der Waals surface area contributed by atoms with Gasteiger partial charge in [-0.25, -0.2) is 9.97 Å². The highest BCUT2D eigenvalue weighted by atomic mass is 35.5. The van der Waals surface area contributed by atoms with Gasteiger partial charge in [-0.2, -0.15) is 0 Å². The van der Waals surface area contributed by atoms with Crippen LogP contribution >= 0.6 is 22.9 Å². The number of ether oxygens (including phenoxy) is 1. The fourth-order valence-corrected chi connectivity index (χ4v) is 3.86. The number of benzene rings is 1. The second kappa shape index (κ2) is 5.62. The Bertz CT molecular complexity index is 796. The number of halogens is 1. The van der Waals surface area contributed by atoms with Gasteiger partial charge < -0.3 is 4.74 Å². The molecule has 108 valence electrons. The Balaban J connectivity index is 2.17. The van der Waals surface area contributed by atoms with Gasteiger partial charge in [0, 0.05) is 10.4 Å². The molecule has 0 saturated heterocycles. The molecule has 0 radical (unpaired) electrons. The molecule has 1 aromatic carbocycles. The first kappa shape index (κ1) is 14.3. The van der Waals surface area contributed by atoms with Crippen LogP contribution in [0, 0.1) is 13.8 Å². The Morgan fingerprint density at radius 1 is 1.14 bits per heavy atom. The molecule has 0 saturated carbocycles. The lowest BCUT2D eigenvalue weighted by Crippen LogP contribution is -1.91. The summed E-state index contributed by atoms with van der Waals surface area (Å²) in [6.45, 7) is 6.59. The van der Waals surface area contributed by atoms with Crippen molar-refractivity contribution >= 4 is 33.2 Å². The second-order valence-electron chi connectivity index (χ2n) is 4.73. The standard InChI is InChI=1S/C16H15ClN2OS/c1-4-20-12-7-5-11(6-8-12)13-9(2)21-16-14(13)15(17)18-10(3)19-16/h5-8H,4H2,1-3H3. The van der Waals surface area contributed by atoms with Crippen LogP contribution < -0.4 is 4.74 Å². The van der Waals surface area contributed by atoms with Gasteiger partial charge >= 0.3 is 0 Å². The molecule has 0 aliphatic rings. The first-order valence-corrected chi connectivity index (χ1v) is 7.96. The Morgan fingerprint density at radius 2 is 1.86 bits per heavy atom. The van der Waals surface area contributed by atoms with Crippen LogP contribution in [0.5, 0.6) is 5.75 Å². The summed E-state index contributed by atoms with van der Waals surface area (Å²) in [5.41, 5.74) is 2.22. The first-order valence-electron chi connectivity index (χ1n) is 6.76. The largest absolute Gasteiger partial charge is 0.494 e. The van der Waals surface area contributed by atoms with Crippen molar-refractivity contribution in [3.63, 3.8) is 0 Å². The molecule has 0 spiro atoms. The maximum atomic E-state index is 6.34. The van der Waals surface area contributed by atoms with E-state index in [1.54, 1.807) is 11.3 Å². The number of hydrogen-bond donors (Lipinski definition) is 0. The van der Waals surface area contributed by atoms with Gasteiger partial charge in [0.05, 0.1) is 12.0 Å². The molecule has 21 heavy (non-hydrogen) atoms. The van der Waals surface area contributed by atoms with Gasteiger partial charge in [-0.15, -0.1) is 11.3 Å². The van der Waals surface area contributed by atoms with E-state index in [0.29, 0.717) is 17.6 Å². The zero-order chi connectivity index (χ0) is 15.0. The molecule has 2 aromatic heterocycles. The summed E-state index contributed by atoms with van der Waals surface area (Å²) in [5, 5.41) is 1.46. The van der Waals surface area contributed by atoms with Gasteiger partial charge in [0.15, 0.2) is 0 Å². The van der Waals surface area contributed by atoms with Crippen molar-refractivity contribution in [2.24, 2.45) is 0 Å². The highest BCUT2D eigenvalue weighted by Crippen LogP contribution is 2.40. The van der Waals surface area contributed by atoms with Crippen molar-refractivity contribution in [3.05, 3.63) is 40.1 Å². The Hall–Kier alpha value is -1.65. The number of aromatic nitrogens is 2. The molecule has 0 fully saturated rings. The summed E-state index contributed by atoms with van der Waals surface area (Å²) in [6.07, 6.45) is 0. The number of aryl methyl sites for hydroxylation is 2. The topological polar surface area (TPSA) is 35.0 Å². The summed E-state index contributed by atoms with van der Waals surface area (Å²) in [7, 11) is 0. The average Bonchev–Trinajstić information content (AvgIpc) is 2.76. The van der Waals surface area contributed by atoms with E-state index >= 15 is 0 Å². The van der Waals surface area contributed by atoms with Crippen molar-refractivity contribution in [2.45, 2.75) is 20.8 Å². The zero-order valence-corrected chi connectivity index (χ0v) is 13.7. The van der Waals surface area contributed by atoms with Crippen molar-refractivity contribution in [2.75, 3.05) is 6.61 Å². The normalized spacial score (nSPS) is 11.0. The van der Waals surface area contributed by atoms with Crippen LogP contribution in [-0.2, 0) is 0 Å². The summed E-state index contributed by atoms with van der Waals surface area (Å²) < 4.78 is 5.49. The molecule has 0 unspecified atom stereocenters. The Labute approximate surface area is 132 Å². The van der Waals surface area contributed by atoms with Gasteiger partial charge in [-0.05, 0) is 38.5 Å². The van der Waals surface area contributed by atoms with E-state index in [1.807, 2.05) is 26.0 Å². The third-order valence-electron chi connectivity index (χ3n) is 3.25.